The minimum atomic E-state index is -9.98. The third-order valence-electron chi connectivity index (χ3n) is 5.06. The van der Waals surface area contributed by atoms with E-state index < -0.39 is 32.0 Å². The molecule has 172 valence electrons. The molecule has 33 heavy (non-hydrogen) atoms. The molecule has 1 aromatic heterocycles. The first-order chi connectivity index (χ1) is 15.2. The number of carboxylic acid groups (broad SMARTS) is 1. The van der Waals surface area contributed by atoms with Crippen molar-refractivity contribution in [3.63, 3.8) is 0 Å². The van der Waals surface area contributed by atoms with E-state index in [2.05, 4.69) is 4.98 Å². The Kier molecular flexibility index (Phi) is 4.72. The van der Waals surface area contributed by atoms with Crippen LogP contribution in [0.2, 0.25) is 0 Å². The Balaban J connectivity index is 1.79. The second-order valence-electron chi connectivity index (χ2n) is 7.31. The van der Waals surface area contributed by atoms with Gasteiger partial charge in [-0.15, -0.1) is 0 Å². The van der Waals surface area contributed by atoms with Gasteiger partial charge in [0.25, 0.3) is 0 Å². The fraction of sp³-hybridized carbons (Fsp3) is 0.0435. The lowest BCUT2D eigenvalue weighted by molar-refractivity contribution is 0.0699. The van der Waals surface area contributed by atoms with Gasteiger partial charge in [0, 0.05) is 10.9 Å². The predicted octanol–water partition coefficient (Wildman–Crippen LogP) is 7.93. The zero-order valence-electron chi connectivity index (χ0n) is 16.9. The molecule has 0 bridgehead atoms. The summed E-state index contributed by atoms with van der Waals surface area (Å²) in [6.07, 6.45) is 0. The number of fused-ring (bicyclic) bond motifs is 1. The highest BCUT2D eigenvalue weighted by atomic mass is 32.5. The van der Waals surface area contributed by atoms with Gasteiger partial charge in [-0.1, -0.05) is 55.8 Å². The number of ether oxygens (including phenoxy) is 1. The number of benzene rings is 3. The molecular formula is C23H16F5NO3S. The molecule has 0 radical (unpaired) electrons. The quantitative estimate of drug-likeness (QED) is 0.294. The van der Waals surface area contributed by atoms with Gasteiger partial charge in [-0.25, -0.2) is 9.78 Å². The summed E-state index contributed by atoms with van der Waals surface area (Å²) in [7, 11) is -8.42. The predicted molar refractivity (Wildman–Crippen MR) is 118 cm³/mol. The minimum Gasteiger partial charge on any atom is -0.497 e. The van der Waals surface area contributed by atoms with Crippen LogP contribution in [-0.4, -0.2) is 23.2 Å². The number of pyridine rings is 1. The lowest BCUT2D eigenvalue weighted by atomic mass is 10.0. The molecule has 0 unspecified atom stereocenters. The third-order valence-corrected chi connectivity index (χ3v) is 6.20. The first kappa shape index (κ1) is 22.5. The Hall–Kier alpha value is -3.66. The van der Waals surface area contributed by atoms with Gasteiger partial charge < -0.3 is 9.84 Å². The summed E-state index contributed by atoms with van der Waals surface area (Å²) in [5, 5.41) is 8.99. The van der Waals surface area contributed by atoms with E-state index in [0.29, 0.717) is 11.3 Å². The average molecular weight is 481 g/mol. The Labute approximate surface area is 185 Å². The summed E-state index contributed by atoms with van der Waals surface area (Å²) in [6.45, 7) is 0. The smallest absolute Gasteiger partial charge is 0.336 e. The second kappa shape index (κ2) is 6.92. The summed E-state index contributed by atoms with van der Waals surface area (Å²) in [5.74, 6) is -0.858. The molecule has 0 aliphatic carbocycles. The average Bonchev–Trinajstić information content (AvgIpc) is 2.76. The molecule has 4 aromatic rings. The molecule has 0 saturated carbocycles. The van der Waals surface area contributed by atoms with E-state index in [1.165, 1.54) is 0 Å². The number of nitrogens with zero attached hydrogens (tertiary/aromatic N) is 1. The molecule has 0 aliphatic rings. The van der Waals surface area contributed by atoms with E-state index in [-0.39, 0.29) is 23.3 Å². The van der Waals surface area contributed by atoms with Crippen molar-refractivity contribution >= 4 is 27.1 Å². The fourth-order valence-electron chi connectivity index (χ4n) is 3.39. The van der Waals surface area contributed by atoms with Crippen molar-refractivity contribution in [2.45, 2.75) is 4.90 Å². The Morgan fingerprint density at radius 1 is 0.818 bits per heavy atom. The highest BCUT2D eigenvalue weighted by molar-refractivity contribution is 8.45. The van der Waals surface area contributed by atoms with Crippen LogP contribution in [0, 0.1) is 0 Å². The first-order valence-corrected chi connectivity index (χ1v) is 11.4. The third kappa shape index (κ3) is 4.61. The molecule has 0 amide bonds. The molecule has 4 nitrogen and oxygen atoms in total. The Bertz CT molecular complexity index is 1390. The lowest BCUT2D eigenvalue weighted by Crippen LogP contribution is -2.07. The SMILES string of the molecule is COc1ccc(-c2ccc(-c3cc(C(=O)O)c4cc(S(F)(F)(F)(F)F)ccc4n3)cc2)cc1. The number of carbonyl (C=O) groups is 1. The minimum absolute atomic E-state index is 0.143. The number of rotatable bonds is 5. The number of methoxy groups -OCH3 is 1. The topological polar surface area (TPSA) is 59.4 Å². The van der Waals surface area contributed by atoms with E-state index in [4.69, 9.17) is 4.74 Å². The van der Waals surface area contributed by atoms with Crippen molar-refractivity contribution in [2.24, 2.45) is 0 Å². The van der Waals surface area contributed by atoms with Gasteiger partial charge in [-0.2, -0.15) is 0 Å². The first-order valence-electron chi connectivity index (χ1n) is 9.42. The van der Waals surface area contributed by atoms with E-state index in [1.807, 2.05) is 12.1 Å². The molecule has 3 aromatic carbocycles. The number of hydrogen-bond acceptors (Lipinski definition) is 3. The largest absolute Gasteiger partial charge is 0.497 e. The molecular weight excluding hydrogens is 465 g/mol. The number of halogens is 5. The summed E-state index contributed by atoms with van der Waals surface area (Å²) in [5.41, 5.74) is 1.76. The maximum absolute atomic E-state index is 13.2. The van der Waals surface area contributed by atoms with Crippen LogP contribution in [0.3, 0.4) is 0 Å². The van der Waals surface area contributed by atoms with Crippen molar-refractivity contribution in [1.82, 2.24) is 4.98 Å². The summed E-state index contributed by atoms with van der Waals surface area (Å²) in [4.78, 5) is 13.8. The van der Waals surface area contributed by atoms with Crippen LogP contribution in [0.4, 0.5) is 19.4 Å². The number of aromatic nitrogens is 1. The van der Waals surface area contributed by atoms with Crippen LogP contribution < -0.4 is 4.74 Å². The van der Waals surface area contributed by atoms with Crippen LogP contribution in [-0.2, 0) is 0 Å². The Morgan fingerprint density at radius 2 is 1.36 bits per heavy atom. The molecule has 0 fully saturated rings. The van der Waals surface area contributed by atoms with Crippen molar-refractivity contribution < 1.29 is 34.1 Å². The van der Waals surface area contributed by atoms with Crippen LogP contribution in [0.15, 0.2) is 77.7 Å². The zero-order chi connectivity index (χ0) is 24.1. The molecule has 0 saturated heterocycles. The van der Waals surface area contributed by atoms with Crippen LogP contribution in [0.25, 0.3) is 33.3 Å². The van der Waals surface area contributed by atoms with Gasteiger partial charge in [-0.3, -0.25) is 0 Å². The van der Waals surface area contributed by atoms with Crippen LogP contribution in [0.5, 0.6) is 5.75 Å². The number of carboxylic acids is 1. The monoisotopic (exact) mass is 481 g/mol. The van der Waals surface area contributed by atoms with Gasteiger partial charge in [0.2, 0.25) is 0 Å². The maximum atomic E-state index is 13.2. The zero-order valence-corrected chi connectivity index (χ0v) is 17.8. The number of aromatic carboxylic acids is 1. The van der Waals surface area contributed by atoms with Gasteiger partial charge in [0.15, 0.2) is 0 Å². The van der Waals surface area contributed by atoms with E-state index in [0.717, 1.165) is 23.3 Å². The van der Waals surface area contributed by atoms with Crippen molar-refractivity contribution in [2.75, 3.05) is 7.11 Å². The highest BCUT2D eigenvalue weighted by Crippen LogP contribution is 3.02. The van der Waals surface area contributed by atoms with Crippen LogP contribution >= 0.6 is 10.2 Å². The van der Waals surface area contributed by atoms with E-state index in [9.17, 15) is 29.3 Å². The standard InChI is InChI=1S/C23H16F5NO3S/c1-32-17-8-6-15(7-9-17)14-2-4-16(5-3-14)22-13-20(23(30)31)19-12-18(10-11-21(19)29-22)33(24,25,26,27)28/h2-13H,1H3,(H,30,31). The molecule has 1 N–H and O–H groups in total. The lowest BCUT2D eigenvalue weighted by Gasteiger charge is -2.40. The number of hydrogen-bond donors (Lipinski definition) is 1. The van der Waals surface area contributed by atoms with Gasteiger partial charge >= 0.3 is 16.2 Å². The molecule has 0 aliphatic heterocycles. The van der Waals surface area contributed by atoms with Gasteiger partial charge in [0.05, 0.1) is 23.9 Å². The van der Waals surface area contributed by atoms with Gasteiger partial charge in [-0.05, 0) is 47.5 Å². The fourth-order valence-corrected chi connectivity index (χ4v) is 4.05. The summed E-state index contributed by atoms with van der Waals surface area (Å²) in [6, 6.07) is 16.4. The Morgan fingerprint density at radius 3 is 1.88 bits per heavy atom. The molecule has 10 heteroatoms. The molecule has 0 spiro atoms. The van der Waals surface area contributed by atoms with Crippen molar-refractivity contribution in [1.29, 1.82) is 0 Å². The normalized spacial score (nSPS) is 13.9. The summed E-state index contributed by atoms with van der Waals surface area (Å²) < 4.78 is 71.1. The van der Waals surface area contributed by atoms with Gasteiger partial charge in [0.1, 0.15) is 10.6 Å². The molecule has 0 atom stereocenters. The second-order valence-corrected chi connectivity index (χ2v) is 9.72. The molecule has 1 heterocycles. The van der Waals surface area contributed by atoms with Crippen molar-refractivity contribution in [3.05, 3.63) is 78.4 Å². The molecule has 4 rings (SSSR count). The van der Waals surface area contributed by atoms with Crippen LogP contribution in [0.1, 0.15) is 10.4 Å². The van der Waals surface area contributed by atoms with E-state index >= 15 is 0 Å². The summed E-state index contributed by atoms with van der Waals surface area (Å²) >= 11 is 0. The van der Waals surface area contributed by atoms with E-state index in [1.54, 1.807) is 43.5 Å². The van der Waals surface area contributed by atoms with Crippen molar-refractivity contribution in [3.8, 4) is 28.1 Å². The highest BCUT2D eigenvalue weighted by Gasteiger charge is 2.65. The maximum Gasteiger partial charge on any atom is 0.336 e.